The fourth-order valence-corrected chi connectivity index (χ4v) is 5.21. The van der Waals surface area contributed by atoms with Crippen LogP contribution < -0.4 is 5.19 Å². The molecular formula is C22H21O2Si. The molecule has 0 N–H and O–H groups in total. The summed E-state index contributed by atoms with van der Waals surface area (Å²) in [4.78, 5) is 0. The summed E-state index contributed by atoms with van der Waals surface area (Å²) in [7, 11) is -1.54. The van der Waals surface area contributed by atoms with Crippen LogP contribution in [-0.4, -0.2) is 22.5 Å². The SMILES string of the molecule is CCO[Si](OCC)c1c2ccccc2cc2cc3ccccc3cc12. The lowest BCUT2D eigenvalue weighted by Crippen LogP contribution is -2.38. The maximum atomic E-state index is 6.08. The third-order valence-corrected chi connectivity index (χ3v) is 6.53. The molecule has 4 aromatic carbocycles. The summed E-state index contributed by atoms with van der Waals surface area (Å²) in [6.45, 7) is 5.39. The largest absolute Gasteiger partial charge is 0.424 e. The highest BCUT2D eigenvalue weighted by Crippen LogP contribution is 2.27. The second-order valence-corrected chi connectivity index (χ2v) is 7.70. The molecule has 0 unspecified atom stereocenters. The summed E-state index contributed by atoms with van der Waals surface area (Å²) >= 11 is 0. The van der Waals surface area contributed by atoms with E-state index in [1.165, 1.54) is 37.5 Å². The molecule has 0 saturated carbocycles. The average Bonchev–Trinajstić information content (AvgIpc) is 2.64. The molecule has 0 spiro atoms. The lowest BCUT2D eigenvalue weighted by atomic mass is 9.99. The van der Waals surface area contributed by atoms with Gasteiger partial charge < -0.3 is 8.85 Å². The summed E-state index contributed by atoms with van der Waals surface area (Å²) in [5.41, 5.74) is 0. The van der Waals surface area contributed by atoms with Crippen molar-refractivity contribution in [1.29, 1.82) is 0 Å². The average molecular weight is 345 g/mol. The van der Waals surface area contributed by atoms with Crippen LogP contribution in [0.4, 0.5) is 0 Å². The summed E-state index contributed by atoms with van der Waals surface area (Å²) in [5.74, 6) is 0. The van der Waals surface area contributed by atoms with Crippen LogP contribution in [0.15, 0.2) is 66.7 Å². The lowest BCUT2D eigenvalue weighted by molar-refractivity contribution is 0.226. The number of fused-ring (bicyclic) bond motifs is 3. The molecule has 2 nitrogen and oxygen atoms in total. The van der Waals surface area contributed by atoms with Gasteiger partial charge in [-0.25, -0.2) is 0 Å². The molecule has 0 heterocycles. The molecule has 0 amide bonds. The minimum atomic E-state index is -1.54. The molecule has 0 aliphatic rings. The Hall–Kier alpha value is -2.20. The van der Waals surface area contributed by atoms with E-state index in [1.54, 1.807) is 0 Å². The van der Waals surface area contributed by atoms with E-state index in [2.05, 4.69) is 66.7 Å². The lowest BCUT2D eigenvalue weighted by Gasteiger charge is -2.18. The Bertz CT molecular complexity index is 1030. The van der Waals surface area contributed by atoms with Gasteiger partial charge in [0, 0.05) is 18.4 Å². The molecule has 25 heavy (non-hydrogen) atoms. The summed E-state index contributed by atoms with van der Waals surface area (Å²) in [5, 5.41) is 8.71. The van der Waals surface area contributed by atoms with Crippen LogP contribution in [0.1, 0.15) is 13.8 Å². The van der Waals surface area contributed by atoms with Gasteiger partial charge >= 0.3 is 9.28 Å². The Morgan fingerprint density at radius 3 is 1.88 bits per heavy atom. The Morgan fingerprint density at radius 1 is 0.640 bits per heavy atom. The Kier molecular flexibility index (Phi) is 4.53. The molecule has 0 bridgehead atoms. The fraction of sp³-hybridized carbons (Fsp3) is 0.182. The maximum Gasteiger partial charge on any atom is 0.424 e. The molecule has 1 radical (unpaired) electrons. The molecule has 0 atom stereocenters. The van der Waals surface area contributed by atoms with Crippen molar-refractivity contribution in [2.45, 2.75) is 13.8 Å². The molecule has 0 aromatic heterocycles. The normalized spacial score (nSPS) is 11.8. The molecule has 4 aromatic rings. The first-order valence-electron chi connectivity index (χ1n) is 8.79. The molecule has 0 aliphatic heterocycles. The van der Waals surface area contributed by atoms with Crippen LogP contribution in [0.5, 0.6) is 0 Å². The van der Waals surface area contributed by atoms with Gasteiger partial charge in [0.05, 0.1) is 0 Å². The number of hydrogen-bond donors (Lipinski definition) is 0. The zero-order chi connectivity index (χ0) is 17.2. The van der Waals surface area contributed by atoms with Crippen LogP contribution in [0.25, 0.3) is 32.3 Å². The van der Waals surface area contributed by atoms with Crippen molar-refractivity contribution in [3.8, 4) is 0 Å². The Balaban J connectivity index is 2.11. The van der Waals surface area contributed by atoms with Gasteiger partial charge in [0.25, 0.3) is 0 Å². The van der Waals surface area contributed by atoms with Crippen molar-refractivity contribution >= 4 is 46.8 Å². The first-order valence-corrected chi connectivity index (χ1v) is 10.1. The molecule has 3 heteroatoms. The van der Waals surface area contributed by atoms with Crippen molar-refractivity contribution in [1.82, 2.24) is 0 Å². The zero-order valence-electron chi connectivity index (χ0n) is 14.6. The predicted molar refractivity (Wildman–Crippen MR) is 108 cm³/mol. The second-order valence-electron chi connectivity index (χ2n) is 6.05. The third kappa shape index (κ3) is 2.95. The van der Waals surface area contributed by atoms with Gasteiger partial charge in [0.15, 0.2) is 0 Å². The van der Waals surface area contributed by atoms with E-state index >= 15 is 0 Å². The Labute approximate surface area is 149 Å². The van der Waals surface area contributed by atoms with Gasteiger partial charge in [-0.3, -0.25) is 0 Å². The Morgan fingerprint density at radius 2 is 1.20 bits per heavy atom. The van der Waals surface area contributed by atoms with Crippen LogP contribution in [-0.2, 0) is 8.85 Å². The van der Waals surface area contributed by atoms with Gasteiger partial charge in [0.2, 0.25) is 0 Å². The summed E-state index contributed by atoms with van der Waals surface area (Å²) in [6, 6.07) is 23.9. The van der Waals surface area contributed by atoms with Gasteiger partial charge in [0.1, 0.15) is 0 Å². The first-order chi connectivity index (χ1) is 12.3. The van der Waals surface area contributed by atoms with Crippen LogP contribution in [0.2, 0.25) is 0 Å². The van der Waals surface area contributed by atoms with Crippen molar-refractivity contribution in [2.24, 2.45) is 0 Å². The van der Waals surface area contributed by atoms with E-state index in [4.69, 9.17) is 8.85 Å². The smallest absolute Gasteiger partial charge is 0.390 e. The van der Waals surface area contributed by atoms with Crippen LogP contribution >= 0.6 is 0 Å². The van der Waals surface area contributed by atoms with E-state index in [0.29, 0.717) is 13.2 Å². The monoisotopic (exact) mass is 345 g/mol. The quantitative estimate of drug-likeness (QED) is 0.378. The van der Waals surface area contributed by atoms with E-state index in [9.17, 15) is 0 Å². The highest BCUT2D eigenvalue weighted by atomic mass is 28.3. The predicted octanol–water partition coefficient (Wildman–Crippen LogP) is 4.91. The van der Waals surface area contributed by atoms with E-state index in [1.807, 2.05) is 13.8 Å². The number of rotatable bonds is 5. The van der Waals surface area contributed by atoms with E-state index in [-0.39, 0.29) is 0 Å². The van der Waals surface area contributed by atoms with Gasteiger partial charge in [-0.15, -0.1) is 0 Å². The van der Waals surface area contributed by atoms with Crippen molar-refractivity contribution in [3.63, 3.8) is 0 Å². The van der Waals surface area contributed by atoms with Crippen molar-refractivity contribution in [2.75, 3.05) is 13.2 Å². The minimum absolute atomic E-state index is 0.659. The zero-order valence-corrected chi connectivity index (χ0v) is 15.6. The number of benzene rings is 4. The molecule has 0 aliphatic carbocycles. The maximum absolute atomic E-state index is 6.08. The van der Waals surface area contributed by atoms with Gasteiger partial charge in [-0.1, -0.05) is 48.5 Å². The van der Waals surface area contributed by atoms with Gasteiger partial charge in [-0.2, -0.15) is 0 Å². The molecule has 4 rings (SSSR count). The second kappa shape index (κ2) is 6.96. The van der Waals surface area contributed by atoms with E-state index < -0.39 is 9.28 Å². The molecule has 0 saturated heterocycles. The highest BCUT2D eigenvalue weighted by Gasteiger charge is 2.24. The first kappa shape index (κ1) is 16.3. The highest BCUT2D eigenvalue weighted by molar-refractivity contribution is 6.68. The standard InChI is InChI=1S/C22H21O2Si/c1-3-23-25(24-4-2)22-20-12-8-7-11-18(20)14-19-13-16-9-5-6-10-17(16)15-21(19)22/h5-15H,3-4H2,1-2H3. The topological polar surface area (TPSA) is 18.5 Å². The molecule has 0 fully saturated rings. The fourth-order valence-electron chi connectivity index (χ4n) is 3.43. The summed E-state index contributed by atoms with van der Waals surface area (Å²) in [6.07, 6.45) is 0. The molecular weight excluding hydrogens is 324 g/mol. The molecule has 125 valence electrons. The third-order valence-electron chi connectivity index (χ3n) is 4.48. The van der Waals surface area contributed by atoms with Crippen LogP contribution in [0, 0.1) is 0 Å². The van der Waals surface area contributed by atoms with Crippen molar-refractivity contribution < 1.29 is 8.85 Å². The van der Waals surface area contributed by atoms with Gasteiger partial charge in [-0.05, 0) is 64.4 Å². The van der Waals surface area contributed by atoms with Crippen molar-refractivity contribution in [3.05, 3.63) is 66.7 Å². The summed E-state index contributed by atoms with van der Waals surface area (Å²) < 4.78 is 12.2. The minimum Gasteiger partial charge on any atom is -0.390 e. The van der Waals surface area contributed by atoms with Crippen LogP contribution in [0.3, 0.4) is 0 Å². The van der Waals surface area contributed by atoms with E-state index in [0.717, 1.165) is 0 Å². The number of hydrogen-bond acceptors (Lipinski definition) is 2.